The maximum Gasteiger partial charge on any atom is 0.192 e. The Morgan fingerprint density at radius 2 is 1.42 bits per heavy atom. The third-order valence-electron chi connectivity index (χ3n) is 6.14. The highest BCUT2D eigenvalue weighted by Crippen LogP contribution is 2.40. The lowest BCUT2D eigenvalue weighted by Gasteiger charge is -2.39. The Morgan fingerprint density at radius 3 is 1.83 bits per heavy atom. The third-order valence-corrected chi connectivity index (χ3v) is 15.2. The molecule has 1 N–H and O–H groups in total. The van der Waals surface area contributed by atoms with Gasteiger partial charge < -0.3 is 18.7 Å². The summed E-state index contributed by atoms with van der Waals surface area (Å²) in [4.78, 5) is 0. The van der Waals surface area contributed by atoms with E-state index in [-0.39, 0.29) is 28.4 Å². The smallest absolute Gasteiger partial charge is 0.192 e. The van der Waals surface area contributed by atoms with Crippen molar-refractivity contribution in [3.63, 3.8) is 0 Å². The van der Waals surface area contributed by atoms with Crippen LogP contribution >= 0.6 is 0 Å². The van der Waals surface area contributed by atoms with Gasteiger partial charge in [0.1, 0.15) is 18.3 Å². The highest BCUT2D eigenvalue weighted by Gasteiger charge is 2.50. The summed E-state index contributed by atoms with van der Waals surface area (Å²) in [5, 5.41) is 10.9. The zero-order valence-electron chi connectivity index (χ0n) is 17.7. The number of aliphatic hydroxyl groups excluding tert-OH is 1. The second-order valence-electron chi connectivity index (χ2n) is 10.3. The summed E-state index contributed by atoms with van der Waals surface area (Å²) in [5.41, 5.74) is 0. The molecule has 0 aromatic rings. The molecule has 1 aliphatic heterocycles. The fraction of sp³-hybridized carbons (Fsp3) is 1.00. The van der Waals surface area contributed by atoms with E-state index in [0.29, 0.717) is 6.61 Å². The minimum Gasteiger partial charge on any atom is -0.414 e. The minimum absolute atomic E-state index is 0.000379. The van der Waals surface area contributed by atoms with Crippen LogP contribution in [-0.4, -0.2) is 52.8 Å². The van der Waals surface area contributed by atoms with Crippen LogP contribution in [0.3, 0.4) is 0 Å². The lowest BCUT2D eigenvalue weighted by atomic mass is 10.1. The minimum atomic E-state index is -1.88. The van der Waals surface area contributed by atoms with Gasteiger partial charge in [-0.25, -0.2) is 0 Å². The number of hydrogen-bond acceptors (Lipinski definition) is 4. The van der Waals surface area contributed by atoms with Gasteiger partial charge in [-0.15, -0.1) is 0 Å². The lowest BCUT2D eigenvalue weighted by Crippen LogP contribution is -2.47. The maximum atomic E-state index is 10.6. The van der Waals surface area contributed by atoms with Gasteiger partial charge >= 0.3 is 0 Å². The summed E-state index contributed by atoms with van der Waals surface area (Å²) >= 11 is 0. The molecule has 0 spiro atoms. The summed E-state index contributed by atoms with van der Waals surface area (Å²) in [5.74, 6) is 0. The molecule has 144 valence electrons. The first-order valence-corrected chi connectivity index (χ1v) is 15.0. The average molecular weight is 377 g/mol. The number of hydrogen-bond donors (Lipinski definition) is 1. The van der Waals surface area contributed by atoms with Crippen LogP contribution in [0.4, 0.5) is 0 Å². The molecule has 0 aliphatic carbocycles. The second kappa shape index (κ2) is 7.12. The van der Waals surface area contributed by atoms with E-state index < -0.39 is 22.7 Å². The Bertz CT molecular complexity index is 424. The van der Waals surface area contributed by atoms with Crippen LogP contribution in [0.1, 0.15) is 48.5 Å². The van der Waals surface area contributed by atoms with Crippen molar-refractivity contribution < 1.29 is 18.7 Å². The first kappa shape index (κ1) is 22.3. The normalized spacial score (nSPS) is 25.5. The summed E-state index contributed by atoms with van der Waals surface area (Å²) in [6.07, 6.45) is -0.963. The van der Waals surface area contributed by atoms with Crippen molar-refractivity contribution in [2.45, 2.75) is 109 Å². The first-order chi connectivity index (χ1) is 10.5. The van der Waals surface area contributed by atoms with Crippen LogP contribution in [0, 0.1) is 0 Å². The summed E-state index contributed by atoms with van der Waals surface area (Å²) in [6.45, 7) is 24.8. The predicted octanol–water partition coefficient (Wildman–Crippen LogP) is 4.55. The van der Waals surface area contributed by atoms with Crippen LogP contribution in [0.5, 0.6) is 0 Å². The number of ether oxygens (including phenoxy) is 1. The van der Waals surface area contributed by atoms with Crippen molar-refractivity contribution in [2.75, 3.05) is 6.61 Å². The van der Waals surface area contributed by atoms with Gasteiger partial charge in [-0.1, -0.05) is 41.5 Å². The average Bonchev–Trinajstić information content (AvgIpc) is 3.11. The van der Waals surface area contributed by atoms with E-state index in [4.69, 9.17) is 13.6 Å². The Balaban J connectivity index is 2.51. The Kier molecular flexibility index (Phi) is 6.62. The fourth-order valence-electron chi connectivity index (χ4n) is 2.08. The van der Waals surface area contributed by atoms with E-state index >= 15 is 0 Å². The van der Waals surface area contributed by atoms with E-state index in [1.165, 1.54) is 0 Å². The second-order valence-corrected chi connectivity index (χ2v) is 19.8. The highest BCUT2D eigenvalue weighted by molar-refractivity contribution is 6.74. The SMILES string of the molecule is C[C@H](O[Si](C)(C)C(C)(C)C)[C@H](O)[C@@H]1O[C@H]1CO[Si](C)(C)C(C)(C)C. The molecule has 1 aliphatic rings. The van der Waals surface area contributed by atoms with Gasteiger partial charge in [-0.2, -0.15) is 0 Å². The summed E-state index contributed by atoms with van der Waals surface area (Å²) < 4.78 is 18.2. The van der Waals surface area contributed by atoms with Gasteiger partial charge in [0, 0.05) is 0 Å². The van der Waals surface area contributed by atoms with Gasteiger partial charge in [-0.3, -0.25) is 0 Å². The third kappa shape index (κ3) is 5.38. The summed E-state index contributed by atoms with van der Waals surface area (Å²) in [7, 11) is -3.65. The van der Waals surface area contributed by atoms with Crippen LogP contribution in [-0.2, 0) is 13.6 Å². The lowest BCUT2D eigenvalue weighted by molar-refractivity contribution is 0.0205. The number of aliphatic hydroxyl groups is 1. The maximum absolute atomic E-state index is 10.6. The molecule has 0 unspecified atom stereocenters. The molecule has 0 saturated carbocycles. The van der Waals surface area contributed by atoms with Crippen LogP contribution in [0.25, 0.3) is 0 Å². The van der Waals surface area contributed by atoms with E-state index in [1.807, 2.05) is 6.92 Å². The molecular weight excluding hydrogens is 336 g/mol. The molecule has 0 aromatic heterocycles. The van der Waals surface area contributed by atoms with E-state index in [0.717, 1.165) is 0 Å². The standard InChI is InChI=1S/C18H40O4Si2/c1-13(22-24(10,11)18(5,6)7)15(19)16-14(21-16)12-20-23(8,9)17(2,3)4/h13-16,19H,12H2,1-11H3/t13-,14-,15-,16+/m0/s1. The molecule has 0 radical (unpaired) electrons. The molecule has 0 amide bonds. The van der Waals surface area contributed by atoms with Crippen molar-refractivity contribution in [1.29, 1.82) is 0 Å². The number of rotatable bonds is 7. The molecule has 1 rings (SSSR count). The molecular formula is C18H40O4Si2. The van der Waals surface area contributed by atoms with Gasteiger partial charge in [-0.05, 0) is 43.2 Å². The zero-order valence-corrected chi connectivity index (χ0v) is 19.7. The molecule has 4 atom stereocenters. The molecule has 0 aromatic carbocycles. The Morgan fingerprint density at radius 1 is 0.958 bits per heavy atom. The van der Waals surface area contributed by atoms with Crippen molar-refractivity contribution >= 4 is 16.6 Å². The number of epoxide rings is 1. The first-order valence-electron chi connectivity index (χ1n) is 9.15. The molecule has 6 heteroatoms. The Labute approximate surface area is 151 Å². The molecule has 1 saturated heterocycles. The van der Waals surface area contributed by atoms with Crippen molar-refractivity contribution in [2.24, 2.45) is 0 Å². The van der Waals surface area contributed by atoms with Crippen LogP contribution in [0.15, 0.2) is 0 Å². The predicted molar refractivity (Wildman–Crippen MR) is 106 cm³/mol. The van der Waals surface area contributed by atoms with Crippen LogP contribution < -0.4 is 0 Å². The zero-order chi connectivity index (χ0) is 19.1. The van der Waals surface area contributed by atoms with E-state index in [2.05, 4.69) is 67.7 Å². The van der Waals surface area contributed by atoms with E-state index in [9.17, 15) is 5.11 Å². The van der Waals surface area contributed by atoms with Crippen molar-refractivity contribution in [1.82, 2.24) is 0 Å². The molecule has 1 fully saturated rings. The van der Waals surface area contributed by atoms with Crippen molar-refractivity contribution in [3.05, 3.63) is 0 Å². The molecule has 24 heavy (non-hydrogen) atoms. The van der Waals surface area contributed by atoms with Gasteiger partial charge in [0.2, 0.25) is 0 Å². The Hall–Kier alpha value is 0.274. The summed E-state index contributed by atoms with van der Waals surface area (Å²) in [6, 6.07) is 0. The topological polar surface area (TPSA) is 51.2 Å². The van der Waals surface area contributed by atoms with Gasteiger partial charge in [0.15, 0.2) is 16.6 Å². The largest absolute Gasteiger partial charge is 0.414 e. The van der Waals surface area contributed by atoms with Crippen molar-refractivity contribution in [3.8, 4) is 0 Å². The fourth-order valence-corrected chi connectivity index (χ4v) is 4.51. The quantitative estimate of drug-likeness (QED) is 0.523. The molecule has 0 bridgehead atoms. The van der Waals surface area contributed by atoms with Crippen LogP contribution in [0.2, 0.25) is 36.3 Å². The molecule has 1 heterocycles. The monoisotopic (exact) mass is 376 g/mol. The van der Waals surface area contributed by atoms with Gasteiger partial charge in [0.25, 0.3) is 0 Å². The highest BCUT2D eigenvalue weighted by atomic mass is 28.4. The van der Waals surface area contributed by atoms with Gasteiger partial charge in [0.05, 0.1) is 12.7 Å². The van der Waals surface area contributed by atoms with E-state index in [1.54, 1.807) is 0 Å². The molecule has 4 nitrogen and oxygen atoms in total.